The van der Waals surface area contributed by atoms with Gasteiger partial charge in [-0.15, -0.1) is 0 Å². The van der Waals surface area contributed by atoms with Gasteiger partial charge < -0.3 is 15.3 Å². The van der Waals surface area contributed by atoms with Crippen molar-refractivity contribution in [3.8, 4) is 11.5 Å². The molecule has 0 saturated carbocycles. The molecule has 1 unspecified atom stereocenters. The van der Waals surface area contributed by atoms with Crippen molar-refractivity contribution in [1.29, 1.82) is 0 Å². The molecule has 1 aromatic rings. The van der Waals surface area contributed by atoms with Crippen LogP contribution in [-0.2, 0) is 16.9 Å². The zero-order chi connectivity index (χ0) is 17.3. The number of benzene rings is 1. The molecular weight excluding hydrogens is 326 g/mol. The second-order valence-corrected chi connectivity index (χ2v) is 6.94. The van der Waals surface area contributed by atoms with E-state index in [1.807, 2.05) is 0 Å². The molecule has 1 heterocycles. The lowest BCUT2D eigenvalue weighted by Gasteiger charge is -2.41. The largest absolute Gasteiger partial charge is 0.508 e. The average molecular weight is 351 g/mol. The van der Waals surface area contributed by atoms with Gasteiger partial charge in [0.25, 0.3) is 0 Å². The lowest BCUT2D eigenvalue weighted by Crippen LogP contribution is -2.45. The van der Waals surface area contributed by atoms with E-state index in [0.717, 1.165) is 0 Å². The summed E-state index contributed by atoms with van der Waals surface area (Å²) in [5, 5.41) is 29.3. The number of fused-ring (bicyclic) bond motifs is 1. The molecule has 134 valence electrons. The summed E-state index contributed by atoms with van der Waals surface area (Å²) in [7, 11) is -4.67. The van der Waals surface area contributed by atoms with Crippen molar-refractivity contribution in [2.45, 2.75) is 46.4 Å². The fraction of sp³-hybridized carbons (Fsp3) is 0.571. The molecule has 2 rings (SSSR count). The maximum atomic E-state index is 10.1. The number of aliphatic hydroxyl groups is 1. The number of aliphatic hydroxyl groups excluding tert-OH is 1. The Balaban J connectivity index is 0.000000709. The zero-order valence-corrected chi connectivity index (χ0v) is 13.4. The standard InChI is InChI=1S/C13H19NO3.CH4.H2O4S/c1-13(2,3)14-6-10-9(12(17)7-14)4-8(15)5-11(10)16;;1-5(2,3)4/h4-5,12,15-17H,6-7H2,1-3H3;1H4;(H2,1,2,3,4). The molecule has 5 N–H and O–H groups in total. The monoisotopic (exact) mass is 351 g/mol. The molecule has 0 aromatic heterocycles. The predicted octanol–water partition coefficient (Wildman–Crippen LogP) is 1.73. The Kier molecular flexibility index (Phi) is 7.00. The molecule has 0 spiro atoms. The highest BCUT2D eigenvalue weighted by Crippen LogP contribution is 2.37. The van der Waals surface area contributed by atoms with E-state index in [1.54, 1.807) is 0 Å². The van der Waals surface area contributed by atoms with E-state index in [2.05, 4.69) is 25.7 Å². The first-order chi connectivity index (χ1) is 9.79. The van der Waals surface area contributed by atoms with Crippen LogP contribution < -0.4 is 0 Å². The van der Waals surface area contributed by atoms with E-state index in [0.29, 0.717) is 24.2 Å². The van der Waals surface area contributed by atoms with Crippen LogP contribution >= 0.6 is 0 Å². The summed E-state index contributed by atoms with van der Waals surface area (Å²) < 4.78 is 31.6. The van der Waals surface area contributed by atoms with Crippen LogP contribution in [0, 0.1) is 0 Å². The Hall–Kier alpha value is -1.39. The van der Waals surface area contributed by atoms with Gasteiger partial charge in [-0.25, -0.2) is 0 Å². The van der Waals surface area contributed by atoms with Crippen molar-refractivity contribution in [3.63, 3.8) is 0 Å². The minimum atomic E-state index is -4.67. The number of aromatic hydroxyl groups is 2. The molecule has 1 aliphatic heterocycles. The van der Waals surface area contributed by atoms with Crippen LogP contribution in [0.4, 0.5) is 0 Å². The van der Waals surface area contributed by atoms with Gasteiger partial charge in [0.2, 0.25) is 0 Å². The molecule has 0 amide bonds. The van der Waals surface area contributed by atoms with Gasteiger partial charge in [0.1, 0.15) is 11.5 Å². The number of hydrogen-bond donors (Lipinski definition) is 5. The van der Waals surface area contributed by atoms with Gasteiger partial charge in [-0.1, -0.05) is 7.43 Å². The van der Waals surface area contributed by atoms with Gasteiger partial charge in [0.05, 0.1) is 6.10 Å². The second-order valence-electron chi connectivity index (χ2n) is 6.05. The molecule has 1 aromatic carbocycles. The van der Waals surface area contributed by atoms with Crippen molar-refractivity contribution < 1.29 is 32.8 Å². The highest BCUT2D eigenvalue weighted by atomic mass is 32.3. The van der Waals surface area contributed by atoms with Crippen molar-refractivity contribution in [3.05, 3.63) is 23.3 Å². The van der Waals surface area contributed by atoms with Gasteiger partial charge in [-0.05, 0) is 32.4 Å². The van der Waals surface area contributed by atoms with E-state index in [4.69, 9.17) is 17.5 Å². The lowest BCUT2D eigenvalue weighted by molar-refractivity contribution is 0.0363. The average Bonchev–Trinajstić information content (AvgIpc) is 2.26. The molecule has 0 bridgehead atoms. The third-order valence-corrected chi connectivity index (χ3v) is 3.30. The number of hydrogen-bond acceptors (Lipinski definition) is 6. The number of phenolic OH excluding ortho intramolecular Hbond substituents is 2. The van der Waals surface area contributed by atoms with Crippen LogP contribution in [0.25, 0.3) is 0 Å². The van der Waals surface area contributed by atoms with Gasteiger partial charge in [0.15, 0.2) is 0 Å². The van der Waals surface area contributed by atoms with Gasteiger partial charge in [-0.3, -0.25) is 14.0 Å². The highest BCUT2D eigenvalue weighted by Gasteiger charge is 2.32. The topological polar surface area (TPSA) is 139 Å². The Bertz CT molecular complexity index is 629. The van der Waals surface area contributed by atoms with E-state index in [-0.39, 0.29) is 24.5 Å². The lowest BCUT2D eigenvalue weighted by atomic mass is 9.92. The van der Waals surface area contributed by atoms with Crippen molar-refractivity contribution in [1.82, 2.24) is 4.90 Å². The smallest absolute Gasteiger partial charge is 0.394 e. The molecular formula is C14H25NO7S. The molecule has 1 aliphatic rings. The first-order valence-electron chi connectivity index (χ1n) is 6.47. The van der Waals surface area contributed by atoms with Crippen LogP contribution in [0.2, 0.25) is 0 Å². The minimum absolute atomic E-state index is 0. The fourth-order valence-corrected chi connectivity index (χ4v) is 2.21. The molecule has 9 heteroatoms. The van der Waals surface area contributed by atoms with Crippen molar-refractivity contribution >= 4 is 10.4 Å². The normalized spacial score (nSPS) is 18.3. The van der Waals surface area contributed by atoms with Gasteiger partial charge >= 0.3 is 10.4 Å². The molecule has 0 saturated heterocycles. The van der Waals surface area contributed by atoms with Gasteiger partial charge in [0, 0.05) is 30.3 Å². The van der Waals surface area contributed by atoms with Crippen molar-refractivity contribution in [2.24, 2.45) is 0 Å². The SMILES string of the molecule is C.CC(C)(C)N1Cc2c(O)cc(O)cc2C(O)C1.O=S(=O)(O)O. The van der Waals surface area contributed by atoms with Crippen LogP contribution in [0.5, 0.6) is 11.5 Å². The van der Waals surface area contributed by atoms with E-state index < -0.39 is 16.5 Å². The van der Waals surface area contributed by atoms with E-state index in [1.165, 1.54) is 12.1 Å². The fourth-order valence-electron chi connectivity index (χ4n) is 2.21. The summed E-state index contributed by atoms with van der Waals surface area (Å²) in [4.78, 5) is 2.11. The summed E-state index contributed by atoms with van der Waals surface area (Å²) in [5.74, 6) is 0.0394. The van der Waals surface area contributed by atoms with E-state index in [9.17, 15) is 15.3 Å². The van der Waals surface area contributed by atoms with Gasteiger partial charge in [-0.2, -0.15) is 8.42 Å². The molecule has 1 atom stereocenters. The first-order valence-corrected chi connectivity index (χ1v) is 7.86. The van der Waals surface area contributed by atoms with E-state index >= 15 is 0 Å². The van der Waals surface area contributed by atoms with Crippen LogP contribution in [-0.4, -0.2) is 49.8 Å². The third-order valence-electron chi connectivity index (χ3n) is 3.30. The molecule has 0 aliphatic carbocycles. The van der Waals surface area contributed by atoms with Crippen LogP contribution in [0.15, 0.2) is 12.1 Å². The quantitative estimate of drug-likeness (QED) is 0.445. The Labute approximate surface area is 136 Å². The molecule has 0 fully saturated rings. The summed E-state index contributed by atoms with van der Waals surface area (Å²) in [5.41, 5.74) is 1.27. The van der Waals surface area contributed by atoms with Crippen LogP contribution in [0.1, 0.15) is 45.4 Å². The Morgan fingerprint density at radius 3 is 2.09 bits per heavy atom. The number of rotatable bonds is 0. The summed E-state index contributed by atoms with van der Waals surface area (Å²) in [6, 6.07) is 2.84. The molecule has 8 nitrogen and oxygen atoms in total. The number of nitrogens with zero attached hydrogens (tertiary/aromatic N) is 1. The maximum Gasteiger partial charge on any atom is 0.394 e. The number of phenols is 2. The Morgan fingerprint density at radius 1 is 1.17 bits per heavy atom. The minimum Gasteiger partial charge on any atom is -0.508 e. The zero-order valence-electron chi connectivity index (χ0n) is 12.6. The highest BCUT2D eigenvalue weighted by molar-refractivity contribution is 7.79. The summed E-state index contributed by atoms with van der Waals surface area (Å²) >= 11 is 0. The maximum absolute atomic E-state index is 10.1. The Morgan fingerprint density at radius 2 is 1.65 bits per heavy atom. The molecule has 23 heavy (non-hydrogen) atoms. The van der Waals surface area contributed by atoms with Crippen molar-refractivity contribution in [2.75, 3.05) is 6.54 Å². The van der Waals surface area contributed by atoms with Crippen LogP contribution in [0.3, 0.4) is 0 Å². The second kappa shape index (κ2) is 7.45. The third kappa shape index (κ3) is 6.71. The summed E-state index contributed by atoms with van der Waals surface area (Å²) in [6.07, 6.45) is -0.670. The number of β-amino-alcohol motifs (C(OH)–C–C–N with tert-alkyl or cyclic N) is 1. The molecule has 0 radical (unpaired) electrons. The summed E-state index contributed by atoms with van der Waals surface area (Å²) in [6.45, 7) is 7.31. The predicted molar refractivity (Wildman–Crippen MR) is 85.8 cm³/mol. The first kappa shape index (κ1) is 21.6.